The Morgan fingerprint density at radius 1 is 0.870 bits per heavy atom. The molecule has 6 heteroatoms. The van der Waals surface area contributed by atoms with Crippen molar-refractivity contribution in [3.8, 4) is 11.5 Å². The number of ether oxygens (including phenoxy) is 2. The van der Waals surface area contributed by atoms with Crippen LogP contribution in [0.1, 0.15) is 5.56 Å². The van der Waals surface area contributed by atoms with Crippen molar-refractivity contribution in [1.82, 2.24) is 5.32 Å². The number of methoxy groups -OCH3 is 2. The molecule has 23 heavy (non-hydrogen) atoms. The van der Waals surface area contributed by atoms with Crippen LogP contribution in [0.15, 0.2) is 48.5 Å². The van der Waals surface area contributed by atoms with Gasteiger partial charge >= 0.3 is 11.8 Å². The molecule has 0 heterocycles. The molecule has 0 fully saturated rings. The maximum Gasteiger partial charge on any atom is 0.313 e. The van der Waals surface area contributed by atoms with Crippen LogP contribution < -0.4 is 20.1 Å². The molecule has 0 bridgehead atoms. The molecule has 0 aliphatic heterocycles. The SMILES string of the molecule is COc1ccccc1CNC(=O)C(=O)Nc1ccccc1OC. The van der Waals surface area contributed by atoms with E-state index in [1.54, 1.807) is 37.4 Å². The highest BCUT2D eigenvalue weighted by atomic mass is 16.5. The second-order valence-electron chi connectivity index (χ2n) is 4.65. The number of nitrogens with one attached hydrogen (secondary N) is 2. The van der Waals surface area contributed by atoms with Gasteiger partial charge in [-0.05, 0) is 18.2 Å². The van der Waals surface area contributed by atoms with E-state index in [1.165, 1.54) is 7.11 Å². The fourth-order valence-corrected chi connectivity index (χ4v) is 2.03. The minimum absolute atomic E-state index is 0.197. The summed E-state index contributed by atoms with van der Waals surface area (Å²) < 4.78 is 10.3. The van der Waals surface area contributed by atoms with Crippen molar-refractivity contribution in [3.05, 3.63) is 54.1 Å². The normalized spacial score (nSPS) is 9.83. The van der Waals surface area contributed by atoms with Gasteiger partial charge in [0, 0.05) is 12.1 Å². The molecule has 0 aliphatic rings. The van der Waals surface area contributed by atoms with Crippen molar-refractivity contribution in [2.75, 3.05) is 19.5 Å². The van der Waals surface area contributed by atoms with Gasteiger partial charge in [-0.3, -0.25) is 9.59 Å². The monoisotopic (exact) mass is 314 g/mol. The second kappa shape index (κ2) is 7.84. The fourth-order valence-electron chi connectivity index (χ4n) is 2.03. The zero-order valence-electron chi connectivity index (χ0n) is 13.0. The molecule has 2 amide bonds. The van der Waals surface area contributed by atoms with Crippen LogP contribution in [0.3, 0.4) is 0 Å². The highest BCUT2D eigenvalue weighted by Crippen LogP contribution is 2.22. The lowest BCUT2D eigenvalue weighted by molar-refractivity contribution is -0.136. The van der Waals surface area contributed by atoms with Gasteiger partial charge in [0.1, 0.15) is 11.5 Å². The van der Waals surface area contributed by atoms with E-state index in [0.717, 1.165) is 5.56 Å². The highest BCUT2D eigenvalue weighted by Gasteiger charge is 2.15. The van der Waals surface area contributed by atoms with E-state index in [9.17, 15) is 9.59 Å². The summed E-state index contributed by atoms with van der Waals surface area (Å²) in [6, 6.07) is 14.1. The first-order valence-corrected chi connectivity index (χ1v) is 6.99. The molecule has 0 unspecified atom stereocenters. The fraction of sp³-hybridized carbons (Fsp3) is 0.176. The summed E-state index contributed by atoms with van der Waals surface area (Å²) in [6.45, 7) is 0.197. The zero-order valence-corrected chi connectivity index (χ0v) is 13.0. The smallest absolute Gasteiger partial charge is 0.313 e. The summed E-state index contributed by atoms with van der Waals surface area (Å²) in [5.74, 6) is -0.359. The third-order valence-electron chi connectivity index (χ3n) is 3.19. The Hall–Kier alpha value is -3.02. The van der Waals surface area contributed by atoms with Gasteiger partial charge in [0.2, 0.25) is 0 Å². The summed E-state index contributed by atoms with van der Waals surface area (Å²) in [7, 11) is 3.04. The largest absolute Gasteiger partial charge is 0.496 e. The third-order valence-corrected chi connectivity index (χ3v) is 3.19. The Morgan fingerprint density at radius 3 is 2.17 bits per heavy atom. The summed E-state index contributed by atoms with van der Waals surface area (Å²) in [6.07, 6.45) is 0. The summed E-state index contributed by atoms with van der Waals surface area (Å²) in [4.78, 5) is 23.9. The van der Waals surface area contributed by atoms with Crippen molar-refractivity contribution in [2.45, 2.75) is 6.54 Å². The van der Waals surface area contributed by atoms with Gasteiger partial charge in [-0.2, -0.15) is 0 Å². The van der Waals surface area contributed by atoms with Crippen LogP contribution in [0.4, 0.5) is 5.69 Å². The first-order chi connectivity index (χ1) is 11.2. The highest BCUT2D eigenvalue weighted by molar-refractivity contribution is 6.39. The van der Waals surface area contributed by atoms with Gasteiger partial charge in [0.25, 0.3) is 0 Å². The molecule has 6 nitrogen and oxygen atoms in total. The Bertz CT molecular complexity index is 700. The van der Waals surface area contributed by atoms with Gasteiger partial charge in [-0.25, -0.2) is 0 Å². The van der Waals surface area contributed by atoms with E-state index in [0.29, 0.717) is 17.2 Å². The van der Waals surface area contributed by atoms with Gasteiger partial charge in [0.05, 0.1) is 19.9 Å². The third kappa shape index (κ3) is 4.23. The molecule has 0 aliphatic carbocycles. The number of anilines is 1. The number of para-hydroxylation sites is 3. The number of benzene rings is 2. The lowest BCUT2D eigenvalue weighted by Crippen LogP contribution is -2.35. The lowest BCUT2D eigenvalue weighted by atomic mass is 10.2. The molecule has 120 valence electrons. The number of hydrogen-bond donors (Lipinski definition) is 2. The summed E-state index contributed by atoms with van der Waals surface area (Å²) >= 11 is 0. The molecule has 2 aromatic carbocycles. The van der Waals surface area contributed by atoms with Crippen LogP contribution in [0, 0.1) is 0 Å². The Kier molecular flexibility index (Phi) is 5.57. The number of amides is 2. The molecule has 0 aromatic heterocycles. The Labute approximate surface area is 134 Å². The molecule has 0 saturated heterocycles. The average molecular weight is 314 g/mol. The molecule has 2 aromatic rings. The quantitative estimate of drug-likeness (QED) is 0.827. The van der Waals surface area contributed by atoms with Crippen LogP contribution in [-0.4, -0.2) is 26.0 Å². The minimum atomic E-state index is -0.760. The molecule has 0 spiro atoms. The first-order valence-electron chi connectivity index (χ1n) is 6.99. The first kappa shape index (κ1) is 16.4. The van der Waals surface area contributed by atoms with E-state index in [-0.39, 0.29) is 6.54 Å². The molecule has 2 N–H and O–H groups in total. The number of rotatable bonds is 5. The average Bonchev–Trinajstić information content (AvgIpc) is 2.60. The molecular formula is C17H18N2O4. The second-order valence-corrected chi connectivity index (χ2v) is 4.65. The topological polar surface area (TPSA) is 76.7 Å². The molecule has 0 saturated carbocycles. The van der Waals surface area contributed by atoms with Crippen LogP contribution in [0.2, 0.25) is 0 Å². The van der Waals surface area contributed by atoms with Crippen LogP contribution in [0.25, 0.3) is 0 Å². The van der Waals surface area contributed by atoms with Gasteiger partial charge in [0.15, 0.2) is 0 Å². The molecule has 0 radical (unpaired) electrons. The van der Waals surface area contributed by atoms with E-state index < -0.39 is 11.8 Å². The van der Waals surface area contributed by atoms with E-state index in [1.807, 2.05) is 18.2 Å². The lowest BCUT2D eigenvalue weighted by Gasteiger charge is -2.11. The predicted molar refractivity (Wildman–Crippen MR) is 86.5 cm³/mol. The van der Waals surface area contributed by atoms with Gasteiger partial charge < -0.3 is 20.1 Å². The van der Waals surface area contributed by atoms with Crippen molar-refractivity contribution in [3.63, 3.8) is 0 Å². The van der Waals surface area contributed by atoms with Crippen molar-refractivity contribution >= 4 is 17.5 Å². The standard InChI is InChI=1S/C17H18N2O4/c1-22-14-9-5-3-7-12(14)11-18-16(20)17(21)19-13-8-4-6-10-15(13)23-2/h3-10H,11H2,1-2H3,(H,18,20)(H,19,21). The van der Waals surface area contributed by atoms with E-state index in [2.05, 4.69) is 10.6 Å². The van der Waals surface area contributed by atoms with Gasteiger partial charge in [-0.15, -0.1) is 0 Å². The maximum absolute atomic E-state index is 11.9. The van der Waals surface area contributed by atoms with E-state index >= 15 is 0 Å². The van der Waals surface area contributed by atoms with Crippen LogP contribution >= 0.6 is 0 Å². The van der Waals surface area contributed by atoms with Crippen molar-refractivity contribution in [2.24, 2.45) is 0 Å². The molecular weight excluding hydrogens is 296 g/mol. The minimum Gasteiger partial charge on any atom is -0.496 e. The van der Waals surface area contributed by atoms with Crippen molar-refractivity contribution in [1.29, 1.82) is 0 Å². The Balaban J connectivity index is 1.96. The molecule has 0 atom stereocenters. The van der Waals surface area contributed by atoms with Crippen LogP contribution in [0.5, 0.6) is 11.5 Å². The number of carbonyl (C=O) groups excluding carboxylic acids is 2. The van der Waals surface area contributed by atoms with Gasteiger partial charge in [-0.1, -0.05) is 30.3 Å². The predicted octanol–water partition coefficient (Wildman–Crippen LogP) is 1.96. The Morgan fingerprint density at radius 2 is 1.48 bits per heavy atom. The number of hydrogen-bond acceptors (Lipinski definition) is 4. The summed E-state index contributed by atoms with van der Waals surface area (Å²) in [5, 5.41) is 5.08. The molecule has 2 rings (SSSR count). The maximum atomic E-state index is 11.9. The van der Waals surface area contributed by atoms with Crippen LogP contribution in [-0.2, 0) is 16.1 Å². The summed E-state index contributed by atoms with van der Waals surface area (Å²) in [5.41, 5.74) is 1.22. The zero-order chi connectivity index (χ0) is 16.7. The van der Waals surface area contributed by atoms with E-state index in [4.69, 9.17) is 9.47 Å². The van der Waals surface area contributed by atoms with Crippen molar-refractivity contribution < 1.29 is 19.1 Å². The number of carbonyl (C=O) groups is 2.